The fourth-order valence-electron chi connectivity index (χ4n) is 4.42. The van der Waals surface area contributed by atoms with Crippen molar-refractivity contribution >= 4 is 5.91 Å². The second-order valence-electron chi connectivity index (χ2n) is 7.80. The number of benzene rings is 1. The van der Waals surface area contributed by atoms with Crippen LogP contribution in [0.15, 0.2) is 18.2 Å². The molecule has 2 fully saturated rings. The summed E-state index contributed by atoms with van der Waals surface area (Å²) in [6.45, 7) is 7.39. The van der Waals surface area contributed by atoms with Crippen LogP contribution in [0.25, 0.3) is 0 Å². The third kappa shape index (κ3) is 4.12. The first-order valence-corrected chi connectivity index (χ1v) is 10.2. The number of nitrogens with one attached hydrogen (secondary N) is 1. The molecule has 5 nitrogen and oxygen atoms in total. The Labute approximate surface area is 162 Å². The average molecular weight is 367 g/mol. The highest BCUT2D eigenvalue weighted by atomic mass is 16.5. The molecule has 1 N–H and O–H groups in total. The lowest BCUT2D eigenvalue weighted by Gasteiger charge is -2.31. The maximum absolute atomic E-state index is 12.8. The van der Waals surface area contributed by atoms with E-state index in [2.05, 4.69) is 28.1 Å². The number of nitrogens with zero attached hydrogens (tertiary/aromatic N) is 2. The molecule has 3 heterocycles. The quantitative estimate of drug-likeness (QED) is 0.829. The number of amides is 1. The molecule has 0 aliphatic carbocycles. The van der Waals surface area contributed by atoms with E-state index < -0.39 is 0 Å². The zero-order chi connectivity index (χ0) is 18.6. The van der Waals surface area contributed by atoms with Gasteiger partial charge in [0.15, 0.2) is 0 Å². The van der Waals surface area contributed by atoms with Crippen LogP contribution in [0.1, 0.15) is 48.5 Å². The molecule has 1 aromatic rings. The van der Waals surface area contributed by atoms with Gasteiger partial charge in [0, 0.05) is 31.2 Å². The summed E-state index contributed by atoms with van der Waals surface area (Å²) in [6.07, 6.45) is 4.65. The fraction of sp³-hybridized carbons (Fsp3) is 0.591. The van der Waals surface area contributed by atoms with Crippen LogP contribution in [0.3, 0.4) is 0 Å². The number of rotatable bonds is 4. The molecule has 27 heavy (non-hydrogen) atoms. The number of fused-ring (bicyclic) bond motifs is 1. The van der Waals surface area contributed by atoms with E-state index in [1.807, 2.05) is 24.0 Å². The number of piperidine rings is 2. The van der Waals surface area contributed by atoms with Crippen molar-refractivity contribution in [2.24, 2.45) is 0 Å². The normalized spacial score (nSPS) is 25.7. The van der Waals surface area contributed by atoms with E-state index >= 15 is 0 Å². The summed E-state index contributed by atoms with van der Waals surface area (Å²) in [7, 11) is 0. The summed E-state index contributed by atoms with van der Waals surface area (Å²) in [4.78, 5) is 17.2. The highest BCUT2D eigenvalue weighted by molar-refractivity contribution is 5.98. The highest BCUT2D eigenvalue weighted by Gasteiger charge is 2.33. The second-order valence-corrected chi connectivity index (χ2v) is 7.80. The summed E-state index contributed by atoms with van der Waals surface area (Å²) in [5, 5.41) is 3.41. The number of carbonyl (C=O) groups is 1. The molecular weight excluding hydrogens is 338 g/mol. The third-order valence-electron chi connectivity index (χ3n) is 5.86. The summed E-state index contributed by atoms with van der Waals surface area (Å²) < 4.78 is 6.27. The van der Waals surface area contributed by atoms with Crippen LogP contribution in [0.5, 0.6) is 5.75 Å². The van der Waals surface area contributed by atoms with Crippen LogP contribution in [-0.4, -0.2) is 60.6 Å². The Kier molecular flexibility index (Phi) is 5.66. The van der Waals surface area contributed by atoms with Crippen LogP contribution < -0.4 is 10.1 Å². The molecule has 5 heteroatoms. The maximum atomic E-state index is 12.8. The van der Waals surface area contributed by atoms with E-state index in [-0.39, 0.29) is 12.0 Å². The zero-order valence-corrected chi connectivity index (χ0v) is 16.2. The predicted molar refractivity (Wildman–Crippen MR) is 106 cm³/mol. The lowest BCUT2D eigenvalue weighted by molar-refractivity contribution is 0.0674. The van der Waals surface area contributed by atoms with Gasteiger partial charge in [-0.2, -0.15) is 0 Å². The van der Waals surface area contributed by atoms with Crippen LogP contribution >= 0.6 is 0 Å². The number of carbonyl (C=O) groups excluding carboxylic acids is 1. The van der Waals surface area contributed by atoms with Gasteiger partial charge < -0.3 is 15.0 Å². The van der Waals surface area contributed by atoms with Gasteiger partial charge in [-0.05, 0) is 69.5 Å². The minimum atomic E-state index is 0.173. The summed E-state index contributed by atoms with van der Waals surface area (Å²) in [5.74, 6) is 7.18. The molecule has 2 saturated heterocycles. The summed E-state index contributed by atoms with van der Waals surface area (Å²) in [6, 6.07) is 6.31. The predicted octanol–water partition coefficient (Wildman–Crippen LogP) is 2.26. The van der Waals surface area contributed by atoms with Gasteiger partial charge in [-0.15, -0.1) is 5.92 Å². The Hall–Kier alpha value is -2.03. The topological polar surface area (TPSA) is 44.8 Å². The smallest absolute Gasteiger partial charge is 0.254 e. The van der Waals surface area contributed by atoms with Crippen molar-refractivity contribution in [1.82, 2.24) is 15.1 Å². The Bertz CT molecular complexity index is 746. The number of hydrogen-bond donors (Lipinski definition) is 1. The number of ether oxygens (including phenoxy) is 1. The van der Waals surface area contributed by atoms with Crippen molar-refractivity contribution in [1.29, 1.82) is 0 Å². The first-order chi connectivity index (χ1) is 13.2. The molecule has 3 aliphatic rings. The van der Waals surface area contributed by atoms with Crippen LogP contribution in [0.4, 0.5) is 0 Å². The van der Waals surface area contributed by atoms with Crippen LogP contribution in [0, 0.1) is 11.8 Å². The van der Waals surface area contributed by atoms with Gasteiger partial charge in [0.1, 0.15) is 11.9 Å². The fourth-order valence-corrected chi connectivity index (χ4v) is 4.42. The second kappa shape index (κ2) is 8.33. The van der Waals surface area contributed by atoms with E-state index in [4.69, 9.17) is 4.74 Å². The van der Waals surface area contributed by atoms with Crippen molar-refractivity contribution in [2.45, 2.75) is 51.3 Å². The molecule has 0 spiro atoms. The SMILES string of the molecule is CC#CCN1CCC[C@@H](Oc2ccc3c(c2)CN(C2CCCNC2)C3=O)C1. The highest BCUT2D eigenvalue weighted by Crippen LogP contribution is 2.30. The summed E-state index contributed by atoms with van der Waals surface area (Å²) in [5.41, 5.74) is 1.95. The van der Waals surface area contributed by atoms with Crippen LogP contribution in [0.2, 0.25) is 0 Å². The molecule has 2 atom stereocenters. The molecule has 1 unspecified atom stereocenters. The lowest BCUT2D eigenvalue weighted by atomic mass is 10.1. The van der Waals surface area contributed by atoms with Gasteiger partial charge in [0.2, 0.25) is 0 Å². The molecule has 0 radical (unpaired) electrons. The first-order valence-electron chi connectivity index (χ1n) is 10.2. The molecule has 1 amide bonds. The van der Waals surface area contributed by atoms with Crippen molar-refractivity contribution in [3.8, 4) is 17.6 Å². The molecule has 3 aliphatic heterocycles. The van der Waals surface area contributed by atoms with Crippen molar-refractivity contribution in [2.75, 3.05) is 32.7 Å². The molecule has 0 bridgehead atoms. The van der Waals surface area contributed by atoms with Crippen molar-refractivity contribution in [3.63, 3.8) is 0 Å². The molecular formula is C22H29N3O2. The molecule has 4 rings (SSSR count). The Morgan fingerprint density at radius 1 is 1.30 bits per heavy atom. The van der Waals surface area contributed by atoms with Crippen LogP contribution in [-0.2, 0) is 6.54 Å². The van der Waals surface area contributed by atoms with E-state index in [9.17, 15) is 4.79 Å². The van der Waals surface area contributed by atoms with Gasteiger partial charge in [-0.1, -0.05) is 5.92 Å². The lowest BCUT2D eigenvalue weighted by Crippen LogP contribution is -2.46. The van der Waals surface area contributed by atoms with E-state index in [0.29, 0.717) is 12.6 Å². The van der Waals surface area contributed by atoms with Gasteiger partial charge >= 0.3 is 0 Å². The standard InChI is InChI=1S/C22H29N3O2/c1-2-3-11-24-12-5-7-20(16-24)27-19-8-9-21-17(13-19)15-25(22(21)26)18-6-4-10-23-14-18/h8-9,13,18,20,23H,4-7,10-12,14-16H2,1H3/t18?,20-/m1/s1. The molecule has 0 saturated carbocycles. The van der Waals surface area contributed by atoms with E-state index in [0.717, 1.165) is 75.3 Å². The minimum Gasteiger partial charge on any atom is -0.489 e. The largest absolute Gasteiger partial charge is 0.489 e. The minimum absolute atomic E-state index is 0.173. The van der Waals surface area contributed by atoms with Gasteiger partial charge in [-0.25, -0.2) is 0 Å². The Balaban J connectivity index is 1.40. The molecule has 1 aromatic carbocycles. The van der Waals surface area contributed by atoms with Crippen molar-refractivity contribution in [3.05, 3.63) is 29.3 Å². The third-order valence-corrected chi connectivity index (χ3v) is 5.86. The van der Waals surface area contributed by atoms with E-state index in [1.54, 1.807) is 0 Å². The Morgan fingerprint density at radius 3 is 3.04 bits per heavy atom. The van der Waals surface area contributed by atoms with Gasteiger partial charge in [-0.3, -0.25) is 9.69 Å². The molecule has 144 valence electrons. The maximum Gasteiger partial charge on any atom is 0.254 e. The Morgan fingerprint density at radius 2 is 2.22 bits per heavy atom. The molecule has 0 aromatic heterocycles. The van der Waals surface area contributed by atoms with Gasteiger partial charge in [0.05, 0.1) is 6.54 Å². The van der Waals surface area contributed by atoms with Gasteiger partial charge in [0.25, 0.3) is 5.91 Å². The van der Waals surface area contributed by atoms with Crippen molar-refractivity contribution < 1.29 is 9.53 Å². The number of likely N-dealkylation sites (tertiary alicyclic amines) is 1. The number of hydrogen-bond acceptors (Lipinski definition) is 4. The van der Waals surface area contributed by atoms with E-state index in [1.165, 1.54) is 0 Å². The monoisotopic (exact) mass is 367 g/mol. The zero-order valence-electron chi connectivity index (χ0n) is 16.2. The first kappa shape index (κ1) is 18.3. The summed E-state index contributed by atoms with van der Waals surface area (Å²) >= 11 is 0. The average Bonchev–Trinajstić information content (AvgIpc) is 3.03.